The van der Waals surface area contributed by atoms with Gasteiger partial charge in [-0.3, -0.25) is 0 Å². The molecule has 0 fully saturated rings. The van der Waals surface area contributed by atoms with E-state index in [-0.39, 0.29) is 16.6 Å². The molecular formula is C24H24ClN7O4S. The van der Waals surface area contributed by atoms with E-state index in [1.165, 1.54) is 24.3 Å². The molecule has 4 heterocycles. The zero-order chi connectivity index (χ0) is 25.7. The molecule has 37 heavy (non-hydrogen) atoms. The molecule has 0 aliphatic rings. The molecule has 0 aliphatic carbocycles. The fourth-order valence-corrected chi connectivity index (χ4v) is 5.28. The van der Waals surface area contributed by atoms with Crippen LogP contribution < -0.4 is 0 Å². The number of H-pyrrole nitrogens is 2. The average molecular weight is 542 g/mol. The van der Waals surface area contributed by atoms with E-state index in [0.29, 0.717) is 34.9 Å². The van der Waals surface area contributed by atoms with Gasteiger partial charge in [0.05, 0.1) is 23.2 Å². The van der Waals surface area contributed by atoms with Gasteiger partial charge >= 0.3 is 0 Å². The fourth-order valence-electron chi connectivity index (χ4n) is 3.98. The summed E-state index contributed by atoms with van der Waals surface area (Å²) >= 11 is 5.88. The maximum Gasteiger partial charge on any atom is 0.263 e. The normalized spacial score (nSPS) is 11.8. The second kappa shape index (κ2) is 11.1. The lowest BCUT2D eigenvalue weighted by Crippen LogP contribution is -2.06. The van der Waals surface area contributed by atoms with Crippen molar-refractivity contribution in [2.24, 2.45) is 0 Å². The van der Waals surface area contributed by atoms with Crippen LogP contribution in [-0.4, -0.2) is 43.7 Å². The van der Waals surface area contributed by atoms with Crippen molar-refractivity contribution in [1.29, 1.82) is 0 Å². The Morgan fingerprint density at radius 3 is 2.16 bits per heavy atom. The molecule has 2 N–H and O–H groups in total. The largest absolute Gasteiger partial charge is 0.360 e. The fraction of sp³-hybridized carbons (Fsp3) is 0.292. The Kier molecular flexibility index (Phi) is 7.47. The molecule has 4 aromatic heterocycles. The van der Waals surface area contributed by atoms with Gasteiger partial charge in [-0.1, -0.05) is 21.9 Å². The summed E-state index contributed by atoms with van der Waals surface area (Å²) < 4.78 is 36.9. The number of hydrogen-bond acceptors (Lipinski definition) is 9. The van der Waals surface area contributed by atoms with Gasteiger partial charge in [-0.05, 0) is 56.4 Å². The third-order valence-corrected chi connectivity index (χ3v) is 7.71. The second-order valence-corrected chi connectivity index (χ2v) is 10.9. The highest BCUT2D eigenvalue weighted by Crippen LogP contribution is 2.30. The molecule has 192 valence electrons. The van der Waals surface area contributed by atoms with Crippen LogP contribution >= 0.6 is 11.6 Å². The lowest BCUT2D eigenvalue weighted by atomic mass is 10.0. The van der Waals surface area contributed by atoms with E-state index in [4.69, 9.17) is 20.6 Å². The summed E-state index contributed by atoms with van der Waals surface area (Å²) in [6.45, 7) is 0. The highest BCUT2D eigenvalue weighted by atomic mass is 35.5. The molecule has 0 unspecified atom stereocenters. The van der Waals surface area contributed by atoms with Crippen molar-refractivity contribution in [1.82, 2.24) is 35.2 Å². The smallest absolute Gasteiger partial charge is 0.263 e. The van der Waals surface area contributed by atoms with Crippen LogP contribution in [0.15, 0.2) is 63.3 Å². The van der Waals surface area contributed by atoms with Gasteiger partial charge in [-0.25, -0.2) is 18.4 Å². The van der Waals surface area contributed by atoms with Gasteiger partial charge in [0.2, 0.25) is 0 Å². The number of aryl methyl sites for hydroxylation is 4. The molecule has 13 heteroatoms. The summed E-state index contributed by atoms with van der Waals surface area (Å²) in [6.07, 6.45) is 11.2. The number of hydrogen-bond donors (Lipinski definition) is 2. The Bertz CT molecular complexity index is 1470. The summed E-state index contributed by atoms with van der Waals surface area (Å²) in [5.74, 6) is 0.452. The minimum atomic E-state index is -3.69. The van der Waals surface area contributed by atoms with Crippen LogP contribution in [0.25, 0.3) is 11.5 Å². The Hall–Kier alpha value is -3.77. The minimum absolute atomic E-state index is 0.0537. The van der Waals surface area contributed by atoms with Gasteiger partial charge in [0, 0.05) is 35.2 Å². The molecule has 1 aromatic carbocycles. The third-order valence-electron chi connectivity index (χ3n) is 5.83. The average Bonchev–Trinajstić information content (AvgIpc) is 3.68. The summed E-state index contributed by atoms with van der Waals surface area (Å²) in [7, 11) is -3.69. The van der Waals surface area contributed by atoms with Crippen molar-refractivity contribution in [3.05, 3.63) is 83.0 Å². The summed E-state index contributed by atoms with van der Waals surface area (Å²) in [5, 5.41) is 8.68. The maximum atomic E-state index is 12.8. The van der Waals surface area contributed by atoms with Gasteiger partial charge in [-0.15, -0.1) is 0 Å². The van der Waals surface area contributed by atoms with Crippen molar-refractivity contribution < 1.29 is 17.5 Å². The molecule has 0 spiro atoms. The van der Waals surface area contributed by atoms with Gasteiger partial charge < -0.3 is 19.0 Å². The first-order valence-electron chi connectivity index (χ1n) is 11.7. The van der Waals surface area contributed by atoms with E-state index >= 15 is 0 Å². The molecule has 0 saturated heterocycles. The van der Waals surface area contributed by atoms with Crippen LogP contribution in [0.1, 0.15) is 41.5 Å². The van der Waals surface area contributed by atoms with Gasteiger partial charge in [0.1, 0.15) is 17.1 Å². The Balaban J connectivity index is 1.35. The van der Waals surface area contributed by atoms with Crippen LogP contribution in [0.2, 0.25) is 5.02 Å². The number of benzene rings is 1. The molecule has 11 nitrogen and oxygen atoms in total. The Labute approximate surface area is 217 Å². The number of halogens is 1. The van der Waals surface area contributed by atoms with Gasteiger partial charge in [0.15, 0.2) is 15.7 Å². The molecule has 0 radical (unpaired) electrons. The first-order valence-corrected chi connectivity index (χ1v) is 13.7. The molecule has 5 rings (SSSR count). The van der Waals surface area contributed by atoms with E-state index in [1.54, 1.807) is 25.0 Å². The van der Waals surface area contributed by atoms with Crippen molar-refractivity contribution in [3.8, 4) is 11.5 Å². The number of nitrogens with one attached hydrogen (secondary N) is 2. The summed E-state index contributed by atoms with van der Waals surface area (Å²) in [4.78, 5) is 18.8. The molecule has 0 bridgehead atoms. The Morgan fingerprint density at radius 2 is 1.51 bits per heavy atom. The highest BCUT2D eigenvalue weighted by Gasteiger charge is 2.25. The zero-order valence-corrected chi connectivity index (χ0v) is 21.3. The quantitative estimate of drug-likeness (QED) is 0.237. The van der Waals surface area contributed by atoms with E-state index < -0.39 is 15.6 Å². The van der Waals surface area contributed by atoms with Crippen LogP contribution in [0.5, 0.6) is 0 Å². The third kappa shape index (κ3) is 6.15. The first-order chi connectivity index (χ1) is 18.0. The van der Waals surface area contributed by atoms with Crippen molar-refractivity contribution in [3.63, 3.8) is 0 Å². The number of sulfone groups is 1. The number of nitrogens with zero attached hydrogens (tertiary/aromatic N) is 5. The monoisotopic (exact) mass is 541 g/mol. The van der Waals surface area contributed by atoms with Gasteiger partial charge in [0.25, 0.3) is 5.89 Å². The number of imidazole rings is 2. The van der Waals surface area contributed by atoms with Crippen molar-refractivity contribution in [2.45, 2.75) is 49.2 Å². The van der Waals surface area contributed by atoms with Crippen molar-refractivity contribution >= 4 is 21.4 Å². The molecular weight excluding hydrogens is 518 g/mol. The maximum absolute atomic E-state index is 12.8. The SMILES string of the molecule is O=S(=O)(Cc1noc(-c2c(CCCc3cnc[nH]3)noc2CCCc2cnc[nH]2)n1)c1ccc(Cl)cc1. The topological polar surface area (TPSA) is 156 Å². The van der Waals surface area contributed by atoms with Crippen LogP contribution in [0.3, 0.4) is 0 Å². The lowest BCUT2D eigenvalue weighted by Gasteiger charge is -2.02. The van der Waals surface area contributed by atoms with E-state index in [2.05, 4.69) is 35.2 Å². The van der Waals surface area contributed by atoms with E-state index in [0.717, 1.165) is 37.1 Å². The van der Waals surface area contributed by atoms with Crippen LogP contribution in [-0.2, 0) is 41.3 Å². The van der Waals surface area contributed by atoms with Gasteiger partial charge in [-0.2, -0.15) is 4.98 Å². The molecule has 0 amide bonds. The predicted octanol–water partition coefficient (Wildman–Crippen LogP) is 4.15. The number of aromatic amines is 2. The summed E-state index contributed by atoms with van der Waals surface area (Å²) in [6, 6.07) is 5.96. The van der Waals surface area contributed by atoms with E-state index in [9.17, 15) is 8.42 Å². The van der Waals surface area contributed by atoms with Crippen LogP contribution in [0, 0.1) is 0 Å². The minimum Gasteiger partial charge on any atom is -0.360 e. The van der Waals surface area contributed by atoms with Crippen molar-refractivity contribution in [2.75, 3.05) is 0 Å². The standard InChI is InChI=1S/C24H24ClN7O4S/c25-16-7-9-19(10-8-16)37(33,34)13-22-30-24(36-32-22)23-20(5-1-3-17-11-26-14-28-17)31-35-21(23)6-2-4-18-12-27-15-29-18/h7-12,14-15H,1-6,13H2,(H,26,28)(H,27,29). The second-order valence-electron chi connectivity index (χ2n) is 8.52. The summed E-state index contributed by atoms with van der Waals surface area (Å²) in [5.41, 5.74) is 3.36. The lowest BCUT2D eigenvalue weighted by molar-refractivity contribution is 0.373. The zero-order valence-electron chi connectivity index (χ0n) is 19.7. The molecule has 0 aliphatic heterocycles. The Morgan fingerprint density at radius 1 is 0.838 bits per heavy atom. The highest BCUT2D eigenvalue weighted by molar-refractivity contribution is 7.90. The molecule has 5 aromatic rings. The first kappa shape index (κ1) is 24.9. The molecule has 0 saturated carbocycles. The van der Waals surface area contributed by atoms with E-state index in [1.807, 2.05) is 0 Å². The van der Waals surface area contributed by atoms with Crippen LogP contribution in [0.4, 0.5) is 0 Å². The number of aromatic nitrogens is 7. The predicted molar refractivity (Wildman–Crippen MR) is 133 cm³/mol. The number of rotatable bonds is 12. The molecule has 0 atom stereocenters.